The van der Waals surface area contributed by atoms with E-state index in [1.807, 2.05) is 12.3 Å². The van der Waals surface area contributed by atoms with E-state index in [2.05, 4.69) is 52.4 Å². The van der Waals surface area contributed by atoms with E-state index in [9.17, 15) is 0 Å². The third-order valence-corrected chi connectivity index (χ3v) is 3.92. The summed E-state index contributed by atoms with van der Waals surface area (Å²) < 4.78 is 0. The summed E-state index contributed by atoms with van der Waals surface area (Å²) in [6.45, 7) is 1.01. The molecule has 2 aromatic rings. The van der Waals surface area contributed by atoms with Crippen molar-refractivity contribution >= 4 is 11.3 Å². The van der Waals surface area contributed by atoms with Crippen molar-refractivity contribution in [2.45, 2.75) is 18.9 Å². The van der Waals surface area contributed by atoms with E-state index >= 15 is 0 Å². The smallest absolute Gasteiger partial charge is 0.0706 e. The van der Waals surface area contributed by atoms with E-state index in [4.69, 9.17) is 0 Å². The highest BCUT2D eigenvalue weighted by Gasteiger charge is 2.32. The summed E-state index contributed by atoms with van der Waals surface area (Å²) in [6, 6.07) is 15.6. The van der Waals surface area contributed by atoms with Crippen molar-refractivity contribution in [1.82, 2.24) is 4.98 Å². The number of rotatable bonds is 2. The number of aromatic nitrogens is 1. The molecule has 0 N–H and O–H groups in total. The van der Waals surface area contributed by atoms with Gasteiger partial charge in [-0.25, -0.2) is 0 Å². The Morgan fingerprint density at radius 2 is 1.84 bits per heavy atom. The molecule has 1 saturated carbocycles. The molecule has 1 aromatic heterocycles. The molecule has 0 radical (unpaired) electrons. The number of benzene rings is 1. The van der Waals surface area contributed by atoms with Gasteiger partial charge in [-0.1, -0.05) is 30.3 Å². The summed E-state index contributed by atoms with van der Waals surface area (Å²) in [5.74, 6) is 0. The van der Waals surface area contributed by atoms with Crippen LogP contribution in [0.1, 0.15) is 24.1 Å². The van der Waals surface area contributed by atoms with Gasteiger partial charge in [-0.2, -0.15) is 0 Å². The Hall–Kier alpha value is -2.09. The Morgan fingerprint density at radius 3 is 2.63 bits per heavy atom. The molecule has 1 fully saturated rings. The highest BCUT2D eigenvalue weighted by Crippen LogP contribution is 2.40. The van der Waals surface area contributed by atoms with Crippen molar-refractivity contribution < 1.29 is 0 Å². The molecule has 0 atom stereocenters. The van der Waals surface area contributed by atoms with Gasteiger partial charge in [0.05, 0.1) is 5.69 Å². The fourth-order valence-electron chi connectivity index (χ4n) is 2.85. The van der Waals surface area contributed by atoms with Crippen LogP contribution in [0.15, 0.2) is 54.7 Å². The van der Waals surface area contributed by atoms with Crippen LogP contribution in [0.25, 0.3) is 5.57 Å². The first-order valence-corrected chi connectivity index (χ1v) is 6.91. The van der Waals surface area contributed by atoms with E-state index in [0.29, 0.717) is 0 Å². The van der Waals surface area contributed by atoms with Gasteiger partial charge in [0.15, 0.2) is 0 Å². The molecule has 0 unspecified atom stereocenters. The molecule has 2 heteroatoms. The Labute approximate surface area is 113 Å². The summed E-state index contributed by atoms with van der Waals surface area (Å²) in [4.78, 5) is 7.03. The third-order valence-electron chi connectivity index (χ3n) is 3.92. The SMILES string of the molecule is C1=C(c2ccccn2)c2ccccc2N(C2CC2)C1. The summed E-state index contributed by atoms with van der Waals surface area (Å²) >= 11 is 0. The minimum atomic E-state index is 0.752. The van der Waals surface area contributed by atoms with E-state index in [1.54, 1.807) is 0 Å². The molecule has 4 rings (SSSR count). The minimum absolute atomic E-state index is 0.752. The molecule has 2 aliphatic rings. The number of nitrogens with zero attached hydrogens (tertiary/aromatic N) is 2. The van der Waals surface area contributed by atoms with Gasteiger partial charge in [-0.05, 0) is 31.0 Å². The maximum atomic E-state index is 4.50. The number of para-hydroxylation sites is 1. The summed E-state index contributed by atoms with van der Waals surface area (Å²) in [6.07, 6.45) is 6.86. The lowest BCUT2D eigenvalue weighted by atomic mass is 9.96. The van der Waals surface area contributed by atoms with Crippen LogP contribution in [-0.4, -0.2) is 17.6 Å². The van der Waals surface area contributed by atoms with Gasteiger partial charge in [0.2, 0.25) is 0 Å². The molecular weight excluding hydrogens is 232 g/mol. The molecule has 0 bridgehead atoms. The number of anilines is 1. The van der Waals surface area contributed by atoms with E-state index < -0.39 is 0 Å². The molecule has 0 saturated heterocycles. The predicted octanol–water partition coefficient (Wildman–Crippen LogP) is 3.50. The fraction of sp³-hybridized carbons (Fsp3) is 0.235. The first kappa shape index (κ1) is 10.8. The number of hydrogen-bond acceptors (Lipinski definition) is 2. The van der Waals surface area contributed by atoms with Gasteiger partial charge in [-0.3, -0.25) is 4.98 Å². The van der Waals surface area contributed by atoms with Gasteiger partial charge < -0.3 is 4.90 Å². The van der Waals surface area contributed by atoms with E-state index in [1.165, 1.54) is 29.7 Å². The number of hydrogen-bond donors (Lipinski definition) is 0. The lowest BCUT2D eigenvalue weighted by Crippen LogP contribution is -2.29. The largest absolute Gasteiger partial charge is 0.364 e. The van der Waals surface area contributed by atoms with E-state index in [0.717, 1.165) is 18.3 Å². The van der Waals surface area contributed by atoms with Crippen LogP contribution >= 0.6 is 0 Å². The van der Waals surface area contributed by atoms with Crippen LogP contribution in [0, 0.1) is 0 Å². The maximum Gasteiger partial charge on any atom is 0.0706 e. The molecule has 0 spiro atoms. The van der Waals surface area contributed by atoms with Crippen molar-refractivity contribution in [3.63, 3.8) is 0 Å². The maximum absolute atomic E-state index is 4.50. The van der Waals surface area contributed by atoms with Crippen LogP contribution in [0.4, 0.5) is 5.69 Å². The Kier molecular flexibility index (Phi) is 2.41. The standard InChI is InChI=1S/C17H16N2/c1-2-7-17-15(5-1)14(16-6-3-4-11-18-16)10-12-19(17)13-8-9-13/h1-7,10-11,13H,8-9,12H2. The molecule has 1 aliphatic heterocycles. The van der Waals surface area contributed by atoms with Gasteiger partial charge in [0, 0.05) is 35.6 Å². The topological polar surface area (TPSA) is 16.1 Å². The first-order valence-electron chi connectivity index (χ1n) is 6.91. The highest BCUT2D eigenvalue weighted by molar-refractivity contribution is 5.87. The van der Waals surface area contributed by atoms with Crippen molar-refractivity contribution in [2.24, 2.45) is 0 Å². The average molecular weight is 248 g/mol. The summed E-state index contributed by atoms with van der Waals surface area (Å²) in [5, 5.41) is 0. The monoisotopic (exact) mass is 248 g/mol. The second kappa shape index (κ2) is 4.23. The third kappa shape index (κ3) is 1.84. The van der Waals surface area contributed by atoms with Gasteiger partial charge >= 0.3 is 0 Å². The van der Waals surface area contributed by atoms with Crippen LogP contribution in [0.5, 0.6) is 0 Å². The van der Waals surface area contributed by atoms with Gasteiger partial charge in [0.25, 0.3) is 0 Å². The quantitative estimate of drug-likeness (QED) is 0.808. The molecule has 0 amide bonds. The fourth-order valence-corrected chi connectivity index (χ4v) is 2.85. The van der Waals surface area contributed by atoms with Crippen LogP contribution in [0.2, 0.25) is 0 Å². The molecule has 2 heterocycles. The molecule has 19 heavy (non-hydrogen) atoms. The summed E-state index contributed by atoms with van der Waals surface area (Å²) in [7, 11) is 0. The van der Waals surface area contributed by atoms with Crippen molar-refractivity contribution in [3.8, 4) is 0 Å². The molecule has 1 aliphatic carbocycles. The molecule has 1 aromatic carbocycles. The number of fused-ring (bicyclic) bond motifs is 1. The number of pyridine rings is 1. The highest BCUT2D eigenvalue weighted by atomic mass is 15.2. The normalized spacial score (nSPS) is 17.9. The second-order valence-electron chi connectivity index (χ2n) is 5.23. The second-order valence-corrected chi connectivity index (χ2v) is 5.23. The van der Waals surface area contributed by atoms with Gasteiger partial charge in [-0.15, -0.1) is 0 Å². The molecule has 2 nitrogen and oxygen atoms in total. The average Bonchev–Trinajstić information content (AvgIpc) is 3.32. The Balaban J connectivity index is 1.82. The Morgan fingerprint density at radius 1 is 1.00 bits per heavy atom. The van der Waals surface area contributed by atoms with Gasteiger partial charge in [0.1, 0.15) is 0 Å². The van der Waals surface area contributed by atoms with Crippen molar-refractivity contribution in [1.29, 1.82) is 0 Å². The van der Waals surface area contributed by atoms with E-state index in [-0.39, 0.29) is 0 Å². The summed E-state index contributed by atoms with van der Waals surface area (Å²) in [5.41, 5.74) is 5.03. The zero-order valence-electron chi connectivity index (χ0n) is 10.8. The van der Waals surface area contributed by atoms with Crippen molar-refractivity contribution in [2.75, 3.05) is 11.4 Å². The lowest BCUT2D eigenvalue weighted by Gasteiger charge is -2.30. The zero-order valence-corrected chi connectivity index (χ0v) is 10.8. The van der Waals surface area contributed by atoms with Crippen LogP contribution < -0.4 is 4.90 Å². The zero-order chi connectivity index (χ0) is 12.7. The molecular formula is C17H16N2. The lowest BCUT2D eigenvalue weighted by molar-refractivity contribution is 0.852. The van der Waals surface area contributed by atoms with Crippen LogP contribution in [0.3, 0.4) is 0 Å². The first-order chi connectivity index (χ1) is 9.43. The Bertz CT molecular complexity index is 627. The molecule has 94 valence electrons. The predicted molar refractivity (Wildman–Crippen MR) is 78.1 cm³/mol. The minimum Gasteiger partial charge on any atom is -0.364 e. The van der Waals surface area contributed by atoms with Crippen molar-refractivity contribution in [3.05, 3.63) is 66.0 Å². The van der Waals surface area contributed by atoms with Crippen LogP contribution in [-0.2, 0) is 0 Å².